The second kappa shape index (κ2) is 5.77. The third kappa shape index (κ3) is 2.88. The molecule has 2 N–H and O–H groups in total. The fourth-order valence-corrected chi connectivity index (χ4v) is 2.24. The Balaban J connectivity index is 2.61. The van der Waals surface area contributed by atoms with Gasteiger partial charge in [0.1, 0.15) is 0 Å². The number of thioether (sulfide) groups is 1. The van der Waals surface area contributed by atoms with Crippen molar-refractivity contribution in [1.29, 1.82) is 0 Å². The molecule has 4 heteroatoms. The minimum Gasteiger partial charge on any atom is -0.368 e. The van der Waals surface area contributed by atoms with Gasteiger partial charge in [-0.15, -0.1) is 17.7 Å². The molecule has 0 spiro atoms. The molecule has 0 amide bonds. The Morgan fingerprint density at radius 2 is 1.84 bits per heavy atom. The summed E-state index contributed by atoms with van der Waals surface area (Å²) in [5.41, 5.74) is 9.20. The zero-order valence-corrected chi connectivity index (χ0v) is 12.0. The van der Waals surface area contributed by atoms with Gasteiger partial charge in [0.05, 0.1) is 17.0 Å². The molecule has 1 aromatic heterocycles. The molecule has 0 aliphatic carbocycles. The van der Waals surface area contributed by atoms with E-state index in [1.807, 2.05) is 19.1 Å². The Hall–Kier alpha value is -1.99. The van der Waals surface area contributed by atoms with Gasteiger partial charge in [-0.05, 0) is 32.2 Å². The van der Waals surface area contributed by atoms with E-state index in [2.05, 4.69) is 40.2 Å². The Kier molecular flexibility index (Phi) is 4.08. The van der Waals surface area contributed by atoms with Gasteiger partial charge in [-0.3, -0.25) is 0 Å². The highest BCUT2D eigenvalue weighted by molar-refractivity contribution is 7.98. The second-order valence-electron chi connectivity index (χ2n) is 3.99. The van der Waals surface area contributed by atoms with Crippen LogP contribution in [-0.4, -0.2) is 16.2 Å². The number of hydrogen-bond donors (Lipinski definition) is 1. The topological polar surface area (TPSA) is 51.8 Å². The molecule has 0 saturated heterocycles. The summed E-state index contributed by atoms with van der Waals surface area (Å²) in [7, 11) is 0. The Labute approximate surface area is 117 Å². The number of aromatic nitrogens is 2. The molecule has 0 fully saturated rings. The summed E-state index contributed by atoms with van der Waals surface area (Å²) in [6, 6.07) is 8.20. The monoisotopic (exact) mass is 269 g/mol. The van der Waals surface area contributed by atoms with Gasteiger partial charge in [-0.25, -0.2) is 9.97 Å². The van der Waals surface area contributed by atoms with Gasteiger partial charge in [-0.2, -0.15) is 0 Å². The van der Waals surface area contributed by atoms with Crippen LogP contribution in [0.1, 0.15) is 18.2 Å². The molecule has 2 aromatic rings. The highest BCUT2D eigenvalue weighted by Crippen LogP contribution is 2.26. The minimum absolute atomic E-state index is 0.281. The fraction of sp³-hybridized carbons (Fsp3) is 0.200. The summed E-state index contributed by atoms with van der Waals surface area (Å²) in [6.45, 7) is 3.70. The molecule has 0 radical (unpaired) electrons. The van der Waals surface area contributed by atoms with Crippen LogP contribution in [0.5, 0.6) is 0 Å². The van der Waals surface area contributed by atoms with Crippen LogP contribution in [-0.2, 0) is 0 Å². The first kappa shape index (κ1) is 13.4. The van der Waals surface area contributed by atoms with Crippen molar-refractivity contribution in [3.63, 3.8) is 0 Å². The van der Waals surface area contributed by atoms with Crippen molar-refractivity contribution in [2.75, 3.05) is 12.0 Å². The number of rotatable bonds is 2. The molecular formula is C15H15N3S. The zero-order chi connectivity index (χ0) is 13.8. The fourth-order valence-electron chi connectivity index (χ4n) is 1.83. The van der Waals surface area contributed by atoms with Crippen LogP contribution in [0.2, 0.25) is 0 Å². The molecule has 3 nitrogen and oxygen atoms in total. The summed E-state index contributed by atoms with van der Waals surface area (Å²) in [6.07, 6.45) is 2.05. The van der Waals surface area contributed by atoms with Gasteiger partial charge < -0.3 is 5.73 Å². The SMILES string of the molecule is CC#Cc1c(C)nc(N)nc1-c1ccc(SC)cc1. The Morgan fingerprint density at radius 1 is 1.16 bits per heavy atom. The number of benzene rings is 1. The molecule has 0 saturated carbocycles. The molecule has 2 rings (SSSR count). The first-order valence-electron chi connectivity index (χ1n) is 5.87. The highest BCUT2D eigenvalue weighted by Gasteiger charge is 2.10. The molecule has 0 aliphatic rings. The van der Waals surface area contributed by atoms with E-state index in [0.717, 1.165) is 22.5 Å². The molecule has 0 bridgehead atoms. The van der Waals surface area contributed by atoms with Crippen molar-refractivity contribution in [1.82, 2.24) is 9.97 Å². The van der Waals surface area contributed by atoms with Crippen molar-refractivity contribution in [3.05, 3.63) is 35.5 Å². The Bertz CT molecular complexity index is 652. The predicted molar refractivity (Wildman–Crippen MR) is 81.0 cm³/mol. The van der Waals surface area contributed by atoms with E-state index < -0.39 is 0 Å². The minimum atomic E-state index is 0.281. The number of nitrogens with two attached hydrogens (primary N) is 1. The number of anilines is 1. The summed E-state index contributed by atoms with van der Waals surface area (Å²) in [5, 5.41) is 0. The maximum atomic E-state index is 5.74. The predicted octanol–water partition coefficient (Wildman–Crippen LogP) is 3.13. The van der Waals surface area contributed by atoms with Gasteiger partial charge in [0.25, 0.3) is 0 Å². The van der Waals surface area contributed by atoms with E-state index in [1.54, 1.807) is 18.7 Å². The molecule has 19 heavy (non-hydrogen) atoms. The van der Waals surface area contributed by atoms with Crippen LogP contribution in [0.3, 0.4) is 0 Å². The molecule has 1 heterocycles. The van der Waals surface area contributed by atoms with Crippen molar-refractivity contribution in [3.8, 4) is 23.1 Å². The van der Waals surface area contributed by atoms with E-state index in [0.29, 0.717) is 0 Å². The summed E-state index contributed by atoms with van der Waals surface area (Å²) >= 11 is 1.71. The van der Waals surface area contributed by atoms with Crippen molar-refractivity contribution >= 4 is 17.7 Å². The maximum absolute atomic E-state index is 5.74. The first-order valence-corrected chi connectivity index (χ1v) is 7.09. The molecular weight excluding hydrogens is 254 g/mol. The van der Waals surface area contributed by atoms with E-state index in [4.69, 9.17) is 5.73 Å². The lowest BCUT2D eigenvalue weighted by Gasteiger charge is -2.08. The van der Waals surface area contributed by atoms with Crippen LogP contribution < -0.4 is 5.73 Å². The number of hydrogen-bond acceptors (Lipinski definition) is 4. The van der Waals surface area contributed by atoms with E-state index in [1.165, 1.54) is 4.90 Å². The largest absolute Gasteiger partial charge is 0.368 e. The lowest BCUT2D eigenvalue weighted by atomic mass is 10.1. The highest BCUT2D eigenvalue weighted by atomic mass is 32.2. The zero-order valence-electron chi connectivity index (χ0n) is 11.2. The first-order chi connectivity index (χ1) is 9.15. The summed E-state index contributed by atoms with van der Waals surface area (Å²) in [4.78, 5) is 9.72. The quantitative estimate of drug-likeness (QED) is 0.672. The van der Waals surface area contributed by atoms with Gasteiger partial charge in [0.15, 0.2) is 0 Å². The van der Waals surface area contributed by atoms with Crippen molar-refractivity contribution < 1.29 is 0 Å². The average molecular weight is 269 g/mol. The molecule has 0 atom stereocenters. The molecule has 0 aliphatic heterocycles. The number of aryl methyl sites for hydroxylation is 1. The smallest absolute Gasteiger partial charge is 0.220 e. The third-order valence-electron chi connectivity index (χ3n) is 2.72. The van der Waals surface area contributed by atoms with Gasteiger partial charge in [0.2, 0.25) is 5.95 Å². The van der Waals surface area contributed by atoms with Crippen LogP contribution in [0.4, 0.5) is 5.95 Å². The number of nitrogen functional groups attached to an aromatic ring is 1. The Morgan fingerprint density at radius 3 is 2.42 bits per heavy atom. The van der Waals surface area contributed by atoms with Gasteiger partial charge in [0, 0.05) is 10.5 Å². The normalized spacial score (nSPS) is 9.84. The van der Waals surface area contributed by atoms with Crippen LogP contribution in [0.15, 0.2) is 29.2 Å². The molecule has 0 unspecified atom stereocenters. The molecule has 96 valence electrons. The second-order valence-corrected chi connectivity index (χ2v) is 4.87. The summed E-state index contributed by atoms with van der Waals surface area (Å²) in [5.74, 6) is 6.25. The maximum Gasteiger partial charge on any atom is 0.220 e. The third-order valence-corrected chi connectivity index (χ3v) is 3.46. The van der Waals surface area contributed by atoms with E-state index in [-0.39, 0.29) is 5.95 Å². The van der Waals surface area contributed by atoms with Crippen LogP contribution in [0.25, 0.3) is 11.3 Å². The van der Waals surface area contributed by atoms with Crippen LogP contribution >= 0.6 is 11.8 Å². The van der Waals surface area contributed by atoms with Crippen LogP contribution in [0, 0.1) is 18.8 Å². The van der Waals surface area contributed by atoms with Crippen molar-refractivity contribution in [2.24, 2.45) is 0 Å². The van der Waals surface area contributed by atoms with Gasteiger partial charge >= 0.3 is 0 Å². The lowest BCUT2D eigenvalue weighted by molar-refractivity contribution is 1.11. The average Bonchev–Trinajstić information content (AvgIpc) is 2.42. The number of nitrogens with zero attached hydrogens (tertiary/aromatic N) is 2. The van der Waals surface area contributed by atoms with Crippen molar-refractivity contribution in [2.45, 2.75) is 18.7 Å². The van der Waals surface area contributed by atoms with E-state index >= 15 is 0 Å². The lowest BCUT2D eigenvalue weighted by Crippen LogP contribution is -2.02. The summed E-state index contributed by atoms with van der Waals surface area (Å²) < 4.78 is 0. The molecule has 1 aromatic carbocycles. The van der Waals surface area contributed by atoms with Gasteiger partial charge in [-0.1, -0.05) is 18.1 Å². The van der Waals surface area contributed by atoms with E-state index in [9.17, 15) is 0 Å². The standard InChI is InChI=1S/C15H15N3S/c1-4-5-13-10(2)17-15(16)18-14(13)11-6-8-12(19-3)9-7-11/h6-9H,1-3H3,(H2,16,17,18).